The highest BCUT2D eigenvalue weighted by Crippen LogP contribution is 2.30. The molecule has 1 atom stereocenters. The van der Waals surface area contributed by atoms with Gasteiger partial charge in [0.1, 0.15) is 12.4 Å². The summed E-state index contributed by atoms with van der Waals surface area (Å²) in [6.45, 7) is 0.388. The number of carbonyl (C=O) groups is 1. The molecule has 4 nitrogen and oxygen atoms in total. The molecule has 1 amide bonds. The van der Waals surface area contributed by atoms with Crippen LogP contribution in [-0.2, 0) is 11.0 Å². The Kier molecular flexibility index (Phi) is 6.41. The molecule has 0 bridgehead atoms. The van der Waals surface area contributed by atoms with Gasteiger partial charge in [-0.1, -0.05) is 30.3 Å². The molecule has 2 aromatic rings. The van der Waals surface area contributed by atoms with Gasteiger partial charge < -0.3 is 15.8 Å². The van der Waals surface area contributed by atoms with Crippen LogP contribution in [0.5, 0.6) is 5.75 Å². The molecule has 0 saturated heterocycles. The van der Waals surface area contributed by atoms with Crippen molar-refractivity contribution < 1.29 is 22.7 Å². The molecule has 0 heterocycles. The standard InChI is InChI=1S/C18H19F3N2O2/c19-18(20,21)14-6-8-15(9-7-14)25-11-10-23-17(24)12-16(22)13-4-2-1-3-5-13/h1-9,16H,10-12,22H2,(H,23,24). The average molecular weight is 352 g/mol. The van der Waals surface area contributed by atoms with Gasteiger partial charge in [-0.3, -0.25) is 4.79 Å². The molecule has 0 spiro atoms. The third-order valence-electron chi connectivity index (χ3n) is 3.51. The smallest absolute Gasteiger partial charge is 0.416 e. The van der Waals surface area contributed by atoms with Gasteiger partial charge in [0, 0.05) is 12.5 Å². The van der Waals surface area contributed by atoms with E-state index in [1.165, 1.54) is 12.1 Å². The topological polar surface area (TPSA) is 64.4 Å². The van der Waals surface area contributed by atoms with Gasteiger partial charge in [0.2, 0.25) is 5.91 Å². The summed E-state index contributed by atoms with van der Waals surface area (Å²) >= 11 is 0. The molecule has 0 radical (unpaired) electrons. The monoisotopic (exact) mass is 352 g/mol. The third kappa shape index (κ3) is 6.11. The van der Waals surface area contributed by atoms with Crippen LogP contribution in [0.1, 0.15) is 23.6 Å². The quantitative estimate of drug-likeness (QED) is 0.752. The van der Waals surface area contributed by atoms with Crippen LogP contribution < -0.4 is 15.8 Å². The van der Waals surface area contributed by atoms with Crippen LogP contribution in [0.4, 0.5) is 13.2 Å². The second-order valence-electron chi connectivity index (χ2n) is 5.44. The van der Waals surface area contributed by atoms with E-state index in [-0.39, 0.29) is 25.5 Å². The van der Waals surface area contributed by atoms with Gasteiger partial charge in [-0.15, -0.1) is 0 Å². The minimum Gasteiger partial charge on any atom is -0.492 e. The number of hydrogen-bond donors (Lipinski definition) is 2. The maximum Gasteiger partial charge on any atom is 0.416 e. The van der Waals surface area contributed by atoms with Gasteiger partial charge in [-0.25, -0.2) is 0 Å². The zero-order valence-corrected chi connectivity index (χ0v) is 13.4. The predicted molar refractivity (Wildman–Crippen MR) is 87.9 cm³/mol. The van der Waals surface area contributed by atoms with E-state index in [1.54, 1.807) is 0 Å². The van der Waals surface area contributed by atoms with Crippen LogP contribution in [0.3, 0.4) is 0 Å². The predicted octanol–water partition coefficient (Wildman–Crippen LogP) is 3.29. The van der Waals surface area contributed by atoms with Gasteiger partial charge in [-0.2, -0.15) is 13.2 Å². The zero-order valence-electron chi connectivity index (χ0n) is 13.4. The average Bonchev–Trinajstić information content (AvgIpc) is 2.59. The summed E-state index contributed by atoms with van der Waals surface area (Å²) in [6.07, 6.45) is -4.23. The fourth-order valence-corrected chi connectivity index (χ4v) is 2.19. The first-order chi connectivity index (χ1) is 11.9. The lowest BCUT2D eigenvalue weighted by Crippen LogP contribution is -2.30. The highest BCUT2D eigenvalue weighted by atomic mass is 19.4. The summed E-state index contributed by atoms with van der Waals surface area (Å²) in [6, 6.07) is 13.3. The minimum atomic E-state index is -4.37. The molecule has 25 heavy (non-hydrogen) atoms. The number of carbonyl (C=O) groups excluding carboxylic acids is 1. The number of benzene rings is 2. The fraction of sp³-hybridized carbons (Fsp3) is 0.278. The Labute approximate surface area is 143 Å². The van der Waals surface area contributed by atoms with Crippen molar-refractivity contribution in [3.05, 3.63) is 65.7 Å². The van der Waals surface area contributed by atoms with Crippen molar-refractivity contribution in [3.8, 4) is 5.75 Å². The van der Waals surface area contributed by atoms with Gasteiger partial charge in [0.05, 0.1) is 12.1 Å². The van der Waals surface area contributed by atoms with Crippen molar-refractivity contribution in [2.24, 2.45) is 5.73 Å². The fourth-order valence-electron chi connectivity index (χ4n) is 2.19. The van der Waals surface area contributed by atoms with Crippen LogP contribution in [-0.4, -0.2) is 19.1 Å². The second kappa shape index (κ2) is 8.53. The summed E-state index contributed by atoms with van der Waals surface area (Å²) in [5.41, 5.74) is 6.10. The number of ether oxygens (including phenoxy) is 1. The number of hydrogen-bond acceptors (Lipinski definition) is 3. The molecule has 2 rings (SSSR count). The molecular formula is C18H19F3N2O2. The number of amides is 1. The van der Waals surface area contributed by atoms with Gasteiger partial charge >= 0.3 is 6.18 Å². The minimum absolute atomic E-state index is 0.143. The Balaban J connectivity index is 1.69. The first-order valence-corrected chi connectivity index (χ1v) is 7.73. The summed E-state index contributed by atoms with van der Waals surface area (Å²) in [4.78, 5) is 11.8. The van der Waals surface area contributed by atoms with E-state index >= 15 is 0 Å². The molecular weight excluding hydrogens is 333 g/mol. The lowest BCUT2D eigenvalue weighted by molar-refractivity contribution is -0.137. The number of nitrogens with two attached hydrogens (primary N) is 1. The highest BCUT2D eigenvalue weighted by molar-refractivity contribution is 5.76. The Morgan fingerprint density at radius 1 is 1.08 bits per heavy atom. The van der Waals surface area contributed by atoms with Crippen LogP contribution >= 0.6 is 0 Å². The maximum absolute atomic E-state index is 12.4. The van der Waals surface area contributed by atoms with E-state index in [2.05, 4.69) is 5.32 Å². The van der Waals surface area contributed by atoms with E-state index in [9.17, 15) is 18.0 Å². The van der Waals surface area contributed by atoms with Crippen molar-refractivity contribution in [2.45, 2.75) is 18.6 Å². The molecule has 1 unspecified atom stereocenters. The van der Waals surface area contributed by atoms with Gasteiger partial charge in [0.25, 0.3) is 0 Å². The molecule has 0 fully saturated rings. The Bertz CT molecular complexity index is 673. The van der Waals surface area contributed by atoms with Crippen LogP contribution in [0.15, 0.2) is 54.6 Å². The number of rotatable bonds is 7. The van der Waals surface area contributed by atoms with E-state index in [0.29, 0.717) is 5.75 Å². The Morgan fingerprint density at radius 2 is 1.72 bits per heavy atom. The summed E-state index contributed by atoms with van der Waals surface area (Å²) in [5, 5.41) is 2.67. The van der Waals surface area contributed by atoms with E-state index in [0.717, 1.165) is 17.7 Å². The van der Waals surface area contributed by atoms with Crippen molar-refractivity contribution in [2.75, 3.05) is 13.2 Å². The Morgan fingerprint density at radius 3 is 2.32 bits per heavy atom. The van der Waals surface area contributed by atoms with Crippen molar-refractivity contribution in [1.82, 2.24) is 5.32 Å². The molecule has 0 aliphatic rings. The SMILES string of the molecule is NC(CC(=O)NCCOc1ccc(C(F)(F)F)cc1)c1ccccc1. The summed E-state index contributed by atoms with van der Waals surface area (Å²) in [5.74, 6) is 0.0932. The van der Waals surface area contributed by atoms with Gasteiger partial charge in [-0.05, 0) is 29.8 Å². The molecule has 3 N–H and O–H groups in total. The van der Waals surface area contributed by atoms with E-state index in [4.69, 9.17) is 10.5 Å². The maximum atomic E-state index is 12.4. The van der Waals surface area contributed by atoms with E-state index in [1.807, 2.05) is 30.3 Å². The van der Waals surface area contributed by atoms with E-state index < -0.39 is 17.8 Å². The van der Waals surface area contributed by atoms with Crippen LogP contribution in [0.2, 0.25) is 0 Å². The van der Waals surface area contributed by atoms with Crippen molar-refractivity contribution >= 4 is 5.91 Å². The highest BCUT2D eigenvalue weighted by Gasteiger charge is 2.29. The normalized spacial score (nSPS) is 12.5. The van der Waals surface area contributed by atoms with Gasteiger partial charge in [0.15, 0.2) is 0 Å². The Hall–Kier alpha value is -2.54. The third-order valence-corrected chi connectivity index (χ3v) is 3.51. The first-order valence-electron chi connectivity index (χ1n) is 7.73. The zero-order chi connectivity index (χ0) is 18.3. The van der Waals surface area contributed by atoms with Crippen LogP contribution in [0, 0.1) is 0 Å². The lowest BCUT2D eigenvalue weighted by atomic mass is 10.0. The number of nitrogens with one attached hydrogen (secondary N) is 1. The molecule has 0 aromatic heterocycles. The summed E-state index contributed by atoms with van der Waals surface area (Å²) in [7, 11) is 0. The molecule has 134 valence electrons. The second-order valence-corrected chi connectivity index (χ2v) is 5.44. The molecule has 2 aromatic carbocycles. The molecule has 0 aliphatic carbocycles. The first kappa shape index (κ1) is 18.8. The molecule has 0 saturated carbocycles. The largest absolute Gasteiger partial charge is 0.492 e. The van der Waals surface area contributed by atoms with Crippen molar-refractivity contribution in [1.29, 1.82) is 0 Å². The number of halogens is 3. The van der Waals surface area contributed by atoms with Crippen LogP contribution in [0.25, 0.3) is 0 Å². The molecule has 7 heteroatoms. The summed E-state index contributed by atoms with van der Waals surface area (Å²) < 4.78 is 42.6. The van der Waals surface area contributed by atoms with Crippen molar-refractivity contribution in [3.63, 3.8) is 0 Å². The number of alkyl halides is 3. The lowest BCUT2D eigenvalue weighted by Gasteiger charge is -2.13. The molecule has 0 aliphatic heterocycles.